The van der Waals surface area contributed by atoms with Gasteiger partial charge in [0.05, 0.1) is 18.8 Å². The summed E-state index contributed by atoms with van der Waals surface area (Å²) in [6.07, 6.45) is 3.82. The van der Waals surface area contributed by atoms with E-state index >= 15 is 0 Å². The lowest BCUT2D eigenvalue weighted by molar-refractivity contribution is 0.393. The molecule has 1 unspecified atom stereocenters. The third kappa shape index (κ3) is 3.55. The Labute approximate surface area is 114 Å². The Hall–Kier alpha value is -1.87. The minimum atomic E-state index is 0.205. The van der Waals surface area contributed by atoms with E-state index in [1.54, 1.807) is 7.11 Å². The monoisotopic (exact) mass is 256 g/mol. The van der Waals surface area contributed by atoms with Crippen LogP contribution in [0.1, 0.15) is 23.7 Å². The van der Waals surface area contributed by atoms with E-state index in [0.29, 0.717) is 0 Å². The van der Waals surface area contributed by atoms with Crippen LogP contribution >= 0.6 is 0 Å². The molecular formula is C16H20N2O. The Bertz CT molecular complexity index is 499. The van der Waals surface area contributed by atoms with Crippen molar-refractivity contribution in [1.82, 2.24) is 10.3 Å². The minimum Gasteiger partial charge on any atom is -0.495 e. The van der Waals surface area contributed by atoms with Gasteiger partial charge in [0, 0.05) is 6.20 Å². The first kappa shape index (κ1) is 13.6. The fourth-order valence-corrected chi connectivity index (χ4v) is 2.21. The molecule has 0 saturated heterocycles. The summed E-state index contributed by atoms with van der Waals surface area (Å²) in [7, 11) is 3.65. The number of hydrogen-bond donors (Lipinski definition) is 1. The lowest BCUT2D eigenvalue weighted by Gasteiger charge is -2.18. The zero-order chi connectivity index (χ0) is 13.5. The average molecular weight is 256 g/mol. The molecule has 0 amide bonds. The lowest BCUT2D eigenvalue weighted by atomic mass is 10.0. The number of ether oxygens (including phenoxy) is 1. The molecule has 19 heavy (non-hydrogen) atoms. The van der Waals surface area contributed by atoms with Gasteiger partial charge in [0.25, 0.3) is 0 Å². The van der Waals surface area contributed by atoms with Crippen molar-refractivity contribution >= 4 is 0 Å². The second kappa shape index (κ2) is 6.90. The average Bonchev–Trinajstić information content (AvgIpc) is 2.49. The number of aryl methyl sites for hydroxylation is 1. The highest BCUT2D eigenvalue weighted by Crippen LogP contribution is 2.25. The molecule has 0 saturated carbocycles. The maximum absolute atomic E-state index is 5.38. The Morgan fingerprint density at radius 3 is 2.63 bits per heavy atom. The first-order valence-electron chi connectivity index (χ1n) is 6.55. The standard InChI is InChI=1S/C16H20N2O/c1-17-14(11-10-13-7-4-3-5-8-13)16-15(19-2)9-6-12-18-16/h3-9,12,14,17H,10-11H2,1-2H3. The van der Waals surface area contributed by atoms with E-state index in [0.717, 1.165) is 24.3 Å². The molecule has 2 aromatic rings. The number of pyridine rings is 1. The van der Waals surface area contributed by atoms with Crippen molar-refractivity contribution in [2.45, 2.75) is 18.9 Å². The van der Waals surface area contributed by atoms with E-state index in [2.05, 4.69) is 34.6 Å². The Kier molecular flexibility index (Phi) is 4.93. The second-order valence-corrected chi connectivity index (χ2v) is 4.46. The van der Waals surface area contributed by atoms with Gasteiger partial charge in [-0.1, -0.05) is 30.3 Å². The molecule has 0 aliphatic heterocycles. The van der Waals surface area contributed by atoms with Gasteiger partial charge < -0.3 is 10.1 Å². The first-order valence-corrected chi connectivity index (χ1v) is 6.55. The van der Waals surface area contributed by atoms with Crippen molar-refractivity contribution in [2.24, 2.45) is 0 Å². The summed E-state index contributed by atoms with van der Waals surface area (Å²) in [6.45, 7) is 0. The Morgan fingerprint density at radius 1 is 1.16 bits per heavy atom. The molecule has 1 aromatic carbocycles. The van der Waals surface area contributed by atoms with Gasteiger partial charge in [-0.3, -0.25) is 4.98 Å². The van der Waals surface area contributed by atoms with Crippen molar-refractivity contribution in [3.05, 3.63) is 59.9 Å². The first-order chi connectivity index (χ1) is 9.35. The van der Waals surface area contributed by atoms with Crippen LogP contribution in [-0.4, -0.2) is 19.1 Å². The number of methoxy groups -OCH3 is 1. The number of rotatable bonds is 6. The lowest BCUT2D eigenvalue weighted by Crippen LogP contribution is -2.19. The number of nitrogens with one attached hydrogen (secondary N) is 1. The molecule has 0 radical (unpaired) electrons. The van der Waals surface area contributed by atoms with Crippen LogP contribution in [0.4, 0.5) is 0 Å². The molecule has 0 bridgehead atoms. The van der Waals surface area contributed by atoms with Gasteiger partial charge in [0.2, 0.25) is 0 Å². The third-order valence-electron chi connectivity index (χ3n) is 3.26. The molecule has 3 nitrogen and oxygen atoms in total. The fraction of sp³-hybridized carbons (Fsp3) is 0.312. The molecule has 0 spiro atoms. The van der Waals surface area contributed by atoms with Crippen LogP contribution in [0, 0.1) is 0 Å². The zero-order valence-corrected chi connectivity index (χ0v) is 11.5. The van der Waals surface area contributed by atoms with Crippen LogP contribution in [0.2, 0.25) is 0 Å². The summed E-state index contributed by atoms with van der Waals surface area (Å²) in [4.78, 5) is 4.45. The van der Waals surface area contributed by atoms with Gasteiger partial charge in [0.15, 0.2) is 0 Å². The van der Waals surface area contributed by atoms with Gasteiger partial charge >= 0.3 is 0 Å². The van der Waals surface area contributed by atoms with Crippen molar-refractivity contribution in [3.63, 3.8) is 0 Å². The number of benzene rings is 1. The summed E-state index contributed by atoms with van der Waals surface area (Å²) >= 11 is 0. The second-order valence-electron chi connectivity index (χ2n) is 4.46. The highest BCUT2D eigenvalue weighted by atomic mass is 16.5. The van der Waals surface area contributed by atoms with Crippen LogP contribution in [-0.2, 0) is 6.42 Å². The van der Waals surface area contributed by atoms with E-state index in [1.807, 2.05) is 31.4 Å². The van der Waals surface area contributed by atoms with Crippen LogP contribution in [0.3, 0.4) is 0 Å². The summed E-state index contributed by atoms with van der Waals surface area (Å²) in [6, 6.07) is 14.6. The maximum Gasteiger partial charge on any atom is 0.141 e. The van der Waals surface area contributed by atoms with Crippen LogP contribution in [0.25, 0.3) is 0 Å². The largest absolute Gasteiger partial charge is 0.495 e. The molecule has 1 N–H and O–H groups in total. The highest BCUT2D eigenvalue weighted by Gasteiger charge is 2.15. The van der Waals surface area contributed by atoms with E-state index in [1.165, 1.54) is 5.56 Å². The quantitative estimate of drug-likeness (QED) is 0.862. The number of nitrogens with zero attached hydrogens (tertiary/aromatic N) is 1. The van der Waals surface area contributed by atoms with Crippen LogP contribution < -0.4 is 10.1 Å². The zero-order valence-electron chi connectivity index (χ0n) is 11.5. The molecular weight excluding hydrogens is 236 g/mol. The van der Waals surface area contributed by atoms with Crippen LogP contribution in [0.5, 0.6) is 5.75 Å². The number of hydrogen-bond acceptors (Lipinski definition) is 3. The van der Waals surface area contributed by atoms with Crippen molar-refractivity contribution < 1.29 is 4.74 Å². The highest BCUT2D eigenvalue weighted by molar-refractivity contribution is 5.29. The summed E-state index contributed by atoms with van der Waals surface area (Å²) in [5.74, 6) is 0.843. The Balaban J connectivity index is 2.08. The van der Waals surface area contributed by atoms with Gasteiger partial charge in [0.1, 0.15) is 5.75 Å². The summed E-state index contributed by atoms with van der Waals surface area (Å²) in [5.41, 5.74) is 2.32. The van der Waals surface area contributed by atoms with Crippen molar-refractivity contribution in [2.75, 3.05) is 14.2 Å². The molecule has 0 fully saturated rings. The van der Waals surface area contributed by atoms with Crippen molar-refractivity contribution in [3.8, 4) is 5.75 Å². The maximum atomic E-state index is 5.38. The molecule has 1 atom stereocenters. The molecule has 0 aliphatic rings. The molecule has 1 heterocycles. The Morgan fingerprint density at radius 2 is 1.95 bits per heavy atom. The van der Waals surface area contributed by atoms with E-state index in [4.69, 9.17) is 4.74 Å². The minimum absolute atomic E-state index is 0.205. The molecule has 100 valence electrons. The van der Waals surface area contributed by atoms with Gasteiger partial charge in [-0.2, -0.15) is 0 Å². The van der Waals surface area contributed by atoms with E-state index in [-0.39, 0.29) is 6.04 Å². The topological polar surface area (TPSA) is 34.2 Å². The van der Waals surface area contributed by atoms with Gasteiger partial charge in [-0.25, -0.2) is 0 Å². The van der Waals surface area contributed by atoms with Crippen molar-refractivity contribution in [1.29, 1.82) is 0 Å². The SMILES string of the molecule is CNC(CCc1ccccc1)c1ncccc1OC. The molecule has 2 rings (SSSR count). The third-order valence-corrected chi connectivity index (χ3v) is 3.26. The predicted octanol–water partition coefficient (Wildman–Crippen LogP) is 2.98. The fourth-order valence-electron chi connectivity index (χ4n) is 2.21. The predicted molar refractivity (Wildman–Crippen MR) is 77.4 cm³/mol. The summed E-state index contributed by atoms with van der Waals surface area (Å²) in [5, 5.41) is 3.32. The van der Waals surface area contributed by atoms with Gasteiger partial charge in [-0.05, 0) is 37.6 Å². The van der Waals surface area contributed by atoms with Gasteiger partial charge in [-0.15, -0.1) is 0 Å². The normalized spacial score (nSPS) is 12.1. The smallest absolute Gasteiger partial charge is 0.141 e. The number of aromatic nitrogens is 1. The van der Waals surface area contributed by atoms with E-state index < -0.39 is 0 Å². The summed E-state index contributed by atoms with van der Waals surface area (Å²) < 4.78 is 5.38. The molecule has 0 aliphatic carbocycles. The van der Waals surface area contributed by atoms with E-state index in [9.17, 15) is 0 Å². The molecule has 3 heteroatoms. The van der Waals surface area contributed by atoms with Crippen LogP contribution in [0.15, 0.2) is 48.7 Å². The molecule has 1 aromatic heterocycles.